The first-order valence-electron chi connectivity index (χ1n) is 17.8. The average molecular weight is 869 g/mol. The van der Waals surface area contributed by atoms with Gasteiger partial charge in [0.15, 0.2) is 0 Å². The number of anilines is 1. The topological polar surface area (TPSA) is 213 Å². The third-order valence-corrected chi connectivity index (χ3v) is 10.6. The summed E-state index contributed by atoms with van der Waals surface area (Å²) in [6.07, 6.45) is 1.64. The molecule has 298 valence electrons. The third kappa shape index (κ3) is 13.1. The number of ether oxygens (including phenoxy) is 1. The number of unbranched alkanes of at least 4 members (excludes halogenated alkanes) is 1. The number of rotatable bonds is 19. The highest BCUT2D eigenvalue weighted by molar-refractivity contribution is 7.98. The van der Waals surface area contributed by atoms with Gasteiger partial charge in [0.2, 0.25) is 5.91 Å². The zero-order chi connectivity index (χ0) is 40.0. The number of pyridine rings is 1. The summed E-state index contributed by atoms with van der Waals surface area (Å²) in [5, 5.41) is 37.6. The van der Waals surface area contributed by atoms with Crippen molar-refractivity contribution in [3.05, 3.63) is 112 Å². The predicted molar refractivity (Wildman–Crippen MR) is 230 cm³/mol. The summed E-state index contributed by atoms with van der Waals surface area (Å²) < 4.78 is 14.6. The van der Waals surface area contributed by atoms with Crippen LogP contribution >= 0.6 is 59.5 Å². The SMILES string of the molecule is Cl.Cl.[2H]N(CCOc1ccc(-c2c(C#N)c(N)nc(SCc3csc(-c4ccc(Cl)cc4)n3)c2C#N)cc1)[C@@H](CCCCN)C(=O)N[C@@H](Cc1ccccc1)C(=O)O. The third-order valence-electron chi connectivity index (χ3n) is 8.40. The van der Waals surface area contributed by atoms with E-state index in [4.69, 9.17) is 34.2 Å². The number of benzene rings is 3. The minimum absolute atomic E-state index is 0. The number of amides is 1. The van der Waals surface area contributed by atoms with Crippen LogP contribution in [0.3, 0.4) is 0 Å². The van der Waals surface area contributed by atoms with Gasteiger partial charge in [0.1, 0.15) is 53.4 Å². The van der Waals surface area contributed by atoms with Crippen molar-refractivity contribution in [2.75, 3.05) is 25.4 Å². The molecular weight excluding hydrogens is 827 g/mol. The lowest BCUT2D eigenvalue weighted by molar-refractivity contribution is -0.142. The van der Waals surface area contributed by atoms with Crippen molar-refractivity contribution in [2.24, 2.45) is 5.73 Å². The van der Waals surface area contributed by atoms with Gasteiger partial charge in [-0.15, -0.1) is 36.2 Å². The molecular formula is C40H41Cl3N8O4S2. The lowest BCUT2D eigenvalue weighted by atomic mass is 9.97. The van der Waals surface area contributed by atoms with E-state index >= 15 is 0 Å². The summed E-state index contributed by atoms with van der Waals surface area (Å²) in [5.41, 5.74) is 15.6. The largest absolute Gasteiger partial charge is 0.492 e. The Labute approximate surface area is 358 Å². The second-order valence-electron chi connectivity index (χ2n) is 12.3. The van der Waals surface area contributed by atoms with E-state index in [9.17, 15) is 25.2 Å². The highest BCUT2D eigenvalue weighted by atomic mass is 35.5. The fraction of sp³-hybridized carbons (Fsp3) is 0.250. The molecule has 5 aromatic rings. The van der Waals surface area contributed by atoms with Gasteiger partial charge in [-0.2, -0.15) is 10.5 Å². The van der Waals surface area contributed by atoms with Crippen LogP contribution in [0.1, 0.15) is 41.6 Å². The molecule has 0 aliphatic rings. The molecule has 1 amide bonds. The summed E-state index contributed by atoms with van der Waals surface area (Å²) in [7, 11) is 0. The Morgan fingerprint density at radius 3 is 2.30 bits per heavy atom. The van der Waals surface area contributed by atoms with E-state index < -0.39 is 24.0 Å². The second kappa shape index (κ2) is 23.4. The number of thiazole rings is 1. The smallest absolute Gasteiger partial charge is 0.326 e. The summed E-state index contributed by atoms with van der Waals surface area (Å²) in [6.45, 7) is 0.508. The first kappa shape index (κ1) is 44.8. The summed E-state index contributed by atoms with van der Waals surface area (Å²) >= 11 is 8.82. The molecule has 17 heteroatoms. The van der Waals surface area contributed by atoms with Gasteiger partial charge in [0.25, 0.3) is 0 Å². The number of aromatic nitrogens is 2. The number of carboxylic acids is 1. The lowest BCUT2D eigenvalue weighted by Gasteiger charge is -2.22. The van der Waals surface area contributed by atoms with Crippen LogP contribution < -0.4 is 26.8 Å². The molecule has 0 fully saturated rings. The molecule has 0 bridgehead atoms. The van der Waals surface area contributed by atoms with E-state index in [2.05, 4.69) is 22.4 Å². The quantitative estimate of drug-likeness (QED) is 0.0410. The first-order valence-corrected chi connectivity index (χ1v) is 19.6. The highest BCUT2D eigenvalue weighted by Crippen LogP contribution is 2.37. The van der Waals surface area contributed by atoms with Gasteiger partial charge in [0, 0.05) is 40.2 Å². The van der Waals surface area contributed by atoms with Gasteiger partial charge in [-0.1, -0.05) is 84.4 Å². The number of nitrogen functional groups attached to an aromatic ring is 1. The van der Waals surface area contributed by atoms with Gasteiger partial charge in [0.05, 0.1) is 17.3 Å². The maximum atomic E-state index is 13.3. The molecule has 2 heterocycles. The number of carbonyl (C=O) groups is 2. The van der Waals surface area contributed by atoms with Crippen molar-refractivity contribution in [1.82, 2.24) is 20.6 Å². The normalized spacial score (nSPS) is 11.8. The van der Waals surface area contributed by atoms with E-state index in [0.29, 0.717) is 58.5 Å². The van der Waals surface area contributed by atoms with Gasteiger partial charge in [-0.3, -0.25) is 4.79 Å². The monoisotopic (exact) mass is 867 g/mol. The Bertz CT molecular complexity index is 2210. The number of carboxylic acid groups (broad SMARTS) is 1. The van der Waals surface area contributed by atoms with Crippen LogP contribution in [0.25, 0.3) is 21.7 Å². The molecule has 57 heavy (non-hydrogen) atoms. The van der Waals surface area contributed by atoms with Gasteiger partial charge < -0.3 is 31.9 Å². The fourth-order valence-corrected chi connectivity index (χ4v) is 7.57. The molecule has 2 atom stereocenters. The summed E-state index contributed by atoms with van der Waals surface area (Å²) in [6, 6.07) is 25.4. The van der Waals surface area contributed by atoms with Gasteiger partial charge >= 0.3 is 5.97 Å². The van der Waals surface area contributed by atoms with Crippen molar-refractivity contribution >= 4 is 77.2 Å². The summed E-state index contributed by atoms with van der Waals surface area (Å²) in [4.78, 5) is 34.5. The van der Waals surface area contributed by atoms with Crippen LogP contribution in [0.2, 0.25) is 6.43 Å². The fourth-order valence-electron chi connectivity index (χ4n) is 5.63. The second-order valence-corrected chi connectivity index (χ2v) is 14.5. The van der Waals surface area contributed by atoms with E-state index in [0.717, 1.165) is 27.1 Å². The zero-order valence-electron chi connectivity index (χ0n) is 31.5. The Morgan fingerprint density at radius 1 is 0.965 bits per heavy atom. The highest BCUT2D eigenvalue weighted by Gasteiger charge is 2.25. The molecule has 5 rings (SSSR count). The number of thioether (sulfide) groups is 1. The number of nitrogens with zero attached hydrogens (tertiary/aromatic N) is 4. The van der Waals surface area contributed by atoms with Crippen LogP contribution in [-0.2, 0) is 21.8 Å². The molecule has 0 aliphatic heterocycles. The van der Waals surface area contributed by atoms with E-state index in [-0.39, 0.29) is 61.3 Å². The number of nitrogens with one attached hydrogen (secondary N) is 2. The van der Waals surface area contributed by atoms with Crippen molar-refractivity contribution < 1.29 is 20.8 Å². The zero-order valence-corrected chi connectivity index (χ0v) is 34.5. The maximum Gasteiger partial charge on any atom is 0.326 e. The molecule has 0 aliphatic carbocycles. The lowest BCUT2D eigenvalue weighted by Crippen LogP contribution is -2.51. The number of hydrogen-bond acceptors (Lipinski definition) is 12. The summed E-state index contributed by atoms with van der Waals surface area (Å²) in [5.74, 6) is -0.859. The molecule has 7 N–H and O–H groups in total. The average Bonchev–Trinajstić information content (AvgIpc) is 3.68. The number of carbonyl (C=O) groups excluding carboxylic acids is 1. The van der Waals surface area contributed by atoms with Crippen molar-refractivity contribution in [2.45, 2.75) is 48.5 Å². The molecule has 3 aromatic carbocycles. The number of aliphatic carboxylic acids is 1. The van der Waals surface area contributed by atoms with E-state index in [1.54, 1.807) is 60.7 Å². The minimum Gasteiger partial charge on any atom is -0.492 e. The molecule has 0 radical (unpaired) electrons. The van der Waals surface area contributed by atoms with Crippen LogP contribution in [0.5, 0.6) is 5.75 Å². The van der Waals surface area contributed by atoms with Crippen molar-refractivity contribution in [1.29, 1.82) is 10.5 Å². The van der Waals surface area contributed by atoms with Gasteiger partial charge in [-0.05, 0) is 54.8 Å². The molecule has 0 spiro atoms. The number of hydrogen-bond donors (Lipinski definition) is 5. The maximum absolute atomic E-state index is 13.3. The van der Waals surface area contributed by atoms with Crippen molar-refractivity contribution in [3.8, 4) is 39.6 Å². The van der Waals surface area contributed by atoms with Crippen LogP contribution in [0, 0.1) is 22.7 Å². The van der Waals surface area contributed by atoms with Crippen LogP contribution in [0.15, 0.2) is 89.3 Å². The Hall–Kier alpha value is -4.90. The van der Waals surface area contributed by atoms with E-state index in [1.165, 1.54) is 23.1 Å². The molecule has 0 saturated carbocycles. The van der Waals surface area contributed by atoms with Crippen LogP contribution in [-0.4, -0.2) is 58.7 Å². The number of nitriles is 2. The number of halogens is 3. The molecule has 0 unspecified atom stereocenters. The Kier molecular flexibility index (Phi) is 18.4. The molecule has 12 nitrogen and oxygen atoms in total. The Balaban J connectivity index is 0.00000450. The predicted octanol–water partition coefficient (Wildman–Crippen LogP) is 7.27. The van der Waals surface area contributed by atoms with Crippen LogP contribution in [0.4, 0.5) is 5.82 Å². The first-order chi connectivity index (χ1) is 27.1. The van der Waals surface area contributed by atoms with Gasteiger partial charge in [-0.25, -0.2) is 14.8 Å². The molecule has 0 saturated heterocycles. The van der Waals surface area contributed by atoms with Crippen molar-refractivity contribution in [3.63, 3.8) is 0 Å². The number of nitrogens with two attached hydrogens (primary N) is 2. The standard InChI is InChI=1S/C40H39ClN8O4S2.2ClH/c41-28-13-9-27(10-14-28)38-47-29(23-54-38)24-55-39-32(22-44)35(31(21-43)36(45)49-39)26-11-15-30(16-12-26)53-19-18-46-33(8-4-5-17-42)37(50)48-34(40(51)52)20-25-6-2-1-3-7-25;;/h1-3,6-7,9-16,23,33-34,46H,4-5,8,17-20,24,42H2,(H2,45,49)(H,48,50)(H,51,52);2*1H/t33-,34-;;/m0../s1/i/hD. The minimum atomic E-state index is -1.17. The Morgan fingerprint density at radius 2 is 1.65 bits per heavy atom. The van der Waals surface area contributed by atoms with E-state index in [1.807, 2.05) is 23.6 Å². The molecule has 2 aromatic heterocycles.